The zero-order valence-electron chi connectivity index (χ0n) is 10.7. The summed E-state index contributed by atoms with van der Waals surface area (Å²) < 4.78 is 26.7. The number of rotatable bonds is 5. The molecule has 20 heavy (non-hydrogen) atoms. The zero-order valence-corrected chi connectivity index (χ0v) is 12.3. The molecule has 4 N–H and O–H groups in total. The van der Waals surface area contributed by atoms with Crippen LogP contribution in [0.15, 0.2) is 23.4 Å². The van der Waals surface area contributed by atoms with E-state index in [-0.39, 0.29) is 16.5 Å². The van der Waals surface area contributed by atoms with Crippen LogP contribution in [-0.4, -0.2) is 30.1 Å². The topological polar surface area (TPSA) is 114 Å². The second kappa shape index (κ2) is 5.78. The molecule has 0 unspecified atom stereocenters. The molecule has 1 aromatic heterocycles. The molecule has 0 spiro atoms. The van der Waals surface area contributed by atoms with E-state index in [0.717, 1.165) is 5.56 Å². The second-order valence-electron chi connectivity index (χ2n) is 4.22. The van der Waals surface area contributed by atoms with E-state index in [1.54, 1.807) is 6.92 Å². The summed E-state index contributed by atoms with van der Waals surface area (Å²) in [4.78, 5) is 3.88. The van der Waals surface area contributed by atoms with E-state index < -0.39 is 10.0 Å². The first-order valence-electron chi connectivity index (χ1n) is 5.79. The van der Waals surface area contributed by atoms with E-state index in [2.05, 4.69) is 19.9 Å². The highest BCUT2D eigenvalue weighted by atomic mass is 35.5. The van der Waals surface area contributed by atoms with Gasteiger partial charge in [-0.1, -0.05) is 11.6 Å². The first-order valence-corrected chi connectivity index (χ1v) is 7.66. The monoisotopic (exact) mass is 315 g/mol. The third-order valence-electron chi connectivity index (χ3n) is 2.73. The van der Waals surface area contributed by atoms with Crippen LogP contribution in [0.3, 0.4) is 0 Å². The maximum absolute atomic E-state index is 12.1. The average Bonchev–Trinajstić information content (AvgIpc) is 2.86. The average molecular weight is 316 g/mol. The predicted molar refractivity (Wildman–Crippen MR) is 75.9 cm³/mol. The molecule has 0 aliphatic rings. The smallest absolute Gasteiger partial charge is 0.242 e. The van der Waals surface area contributed by atoms with Gasteiger partial charge in [-0.25, -0.2) is 18.1 Å². The highest BCUT2D eigenvalue weighted by molar-refractivity contribution is 7.89. The van der Waals surface area contributed by atoms with Gasteiger partial charge in [-0.3, -0.25) is 5.10 Å². The van der Waals surface area contributed by atoms with Crippen LogP contribution in [0, 0.1) is 6.92 Å². The molecule has 0 atom stereocenters. The first-order chi connectivity index (χ1) is 9.40. The molecule has 2 aromatic rings. The van der Waals surface area contributed by atoms with Crippen LogP contribution in [0.4, 0.5) is 5.69 Å². The number of anilines is 1. The van der Waals surface area contributed by atoms with Crippen LogP contribution >= 0.6 is 11.6 Å². The number of aryl methyl sites for hydroxylation is 1. The van der Waals surface area contributed by atoms with Gasteiger partial charge in [0, 0.05) is 18.7 Å². The Hall–Kier alpha value is -1.64. The van der Waals surface area contributed by atoms with E-state index in [0.29, 0.717) is 17.9 Å². The van der Waals surface area contributed by atoms with Gasteiger partial charge in [0.15, 0.2) is 0 Å². The summed E-state index contributed by atoms with van der Waals surface area (Å²) in [6, 6.07) is 2.89. The molecular weight excluding hydrogens is 302 g/mol. The number of aromatic nitrogens is 3. The number of hydrogen-bond acceptors (Lipinski definition) is 5. The molecule has 1 aromatic carbocycles. The maximum atomic E-state index is 12.1. The van der Waals surface area contributed by atoms with Crippen LogP contribution in [0.25, 0.3) is 0 Å². The van der Waals surface area contributed by atoms with Crippen molar-refractivity contribution in [3.63, 3.8) is 0 Å². The Balaban J connectivity index is 2.12. The van der Waals surface area contributed by atoms with Crippen molar-refractivity contribution in [2.24, 2.45) is 0 Å². The molecule has 7 nitrogen and oxygen atoms in total. The Kier molecular flexibility index (Phi) is 4.26. The van der Waals surface area contributed by atoms with Crippen molar-refractivity contribution in [1.82, 2.24) is 19.9 Å². The number of halogens is 1. The number of benzene rings is 1. The Bertz CT molecular complexity index is 700. The maximum Gasteiger partial charge on any atom is 0.242 e. The van der Waals surface area contributed by atoms with Crippen LogP contribution < -0.4 is 10.5 Å². The number of H-pyrrole nitrogens is 1. The molecule has 0 saturated heterocycles. The van der Waals surface area contributed by atoms with E-state index in [4.69, 9.17) is 17.3 Å². The van der Waals surface area contributed by atoms with Crippen molar-refractivity contribution in [1.29, 1.82) is 0 Å². The number of nitrogens with one attached hydrogen (secondary N) is 2. The molecule has 2 rings (SSSR count). The number of aromatic amines is 1. The lowest BCUT2D eigenvalue weighted by atomic mass is 10.2. The van der Waals surface area contributed by atoms with E-state index >= 15 is 0 Å². The highest BCUT2D eigenvalue weighted by Gasteiger charge is 2.18. The highest BCUT2D eigenvalue weighted by Crippen LogP contribution is 2.26. The third kappa shape index (κ3) is 3.27. The van der Waals surface area contributed by atoms with Crippen molar-refractivity contribution in [2.45, 2.75) is 18.2 Å². The van der Waals surface area contributed by atoms with E-state index in [1.165, 1.54) is 18.5 Å². The van der Waals surface area contributed by atoms with Gasteiger partial charge < -0.3 is 5.73 Å². The van der Waals surface area contributed by atoms with Crippen LogP contribution in [0.1, 0.15) is 11.4 Å². The lowest BCUT2D eigenvalue weighted by Crippen LogP contribution is -2.26. The quantitative estimate of drug-likeness (QED) is 0.708. The van der Waals surface area contributed by atoms with E-state index in [9.17, 15) is 8.42 Å². The Morgan fingerprint density at radius 3 is 2.85 bits per heavy atom. The van der Waals surface area contributed by atoms with Gasteiger partial charge >= 0.3 is 0 Å². The largest absolute Gasteiger partial charge is 0.398 e. The Labute approximate surface area is 121 Å². The third-order valence-corrected chi connectivity index (χ3v) is 4.65. The summed E-state index contributed by atoms with van der Waals surface area (Å²) >= 11 is 5.96. The van der Waals surface area contributed by atoms with Gasteiger partial charge in [-0.15, -0.1) is 0 Å². The van der Waals surface area contributed by atoms with Gasteiger partial charge in [-0.05, 0) is 24.6 Å². The molecule has 0 aliphatic heterocycles. The van der Waals surface area contributed by atoms with Gasteiger partial charge in [-0.2, -0.15) is 5.10 Å². The minimum Gasteiger partial charge on any atom is -0.398 e. The minimum atomic E-state index is -3.71. The fourth-order valence-electron chi connectivity index (χ4n) is 1.61. The Morgan fingerprint density at radius 2 is 2.20 bits per heavy atom. The lowest BCUT2D eigenvalue weighted by molar-refractivity contribution is 0.581. The molecule has 0 amide bonds. The number of nitrogens with two attached hydrogens (primary N) is 1. The van der Waals surface area contributed by atoms with Crippen molar-refractivity contribution in [3.8, 4) is 0 Å². The number of nitrogens with zero attached hydrogens (tertiary/aromatic N) is 2. The molecule has 0 saturated carbocycles. The first kappa shape index (κ1) is 14.8. The molecular formula is C11H14ClN5O2S. The molecule has 0 aliphatic carbocycles. The molecule has 108 valence electrons. The minimum absolute atomic E-state index is 0.0279. The van der Waals surface area contributed by atoms with Gasteiger partial charge in [0.25, 0.3) is 0 Å². The molecule has 9 heteroatoms. The number of nitrogen functional groups attached to an aromatic ring is 1. The normalized spacial score (nSPS) is 11.7. The lowest BCUT2D eigenvalue weighted by Gasteiger charge is -2.10. The molecule has 0 fully saturated rings. The Morgan fingerprint density at radius 1 is 1.45 bits per heavy atom. The van der Waals surface area contributed by atoms with Crippen molar-refractivity contribution in [2.75, 3.05) is 12.3 Å². The molecule has 1 heterocycles. The van der Waals surface area contributed by atoms with Crippen LogP contribution in [-0.2, 0) is 16.4 Å². The van der Waals surface area contributed by atoms with Crippen molar-refractivity contribution >= 4 is 27.3 Å². The van der Waals surface area contributed by atoms with Gasteiger partial charge in [0.1, 0.15) is 17.0 Å². The van der Waals surface area contributed by atoms with Crippen LogP contribution in [0.5, 0.6) is 0 Å². The second-order valence-corrected chi connectivity index (χ2v) is 6.36. The van der Waals surface area contributed by atoms with E-state index in [1.807, 2.05) is 0 Å². The van der Waals surface area contributed by atoms with Crippen molar-refractivity contribution < 1.29 is 8.42 Å². The van der Waals surface area contributed by atoms with Gasteiger partial charge in [0.05, 0.1) is 5.02 Å². The summed E-state index contributed by atoms with van der Waals surface area (Å²) in [5.41, 5.74) is 6.83. The summed E-state index contributed by atoms with van der Waals surface area (Å²) in [5.74, 6) is 0.599. The van der Waals surface area contributed by atoms with Gasteiger partial charge in [0.2, 0.25) is 10.0 Å². The molecule has 0 bridgehead atoms. The number of hydrogen-bond donors (Lipinski definition) is 3. The number of sulfonamides is 1. The molecule has 0 radical (unpaired) electrons. The zero-order chi connectivity index (χ0) is 14.8. The summed E-state index contributed by atoms with van der Waals surface area (Å²) in [7, 11) is -3.71. The summed E-state index contributed by atoms with van der Waals surface area (Å²) in [6.45, 7) is 1.94. The fraction of sp³-hybridized carbons (Fsp3) is 0.273. The van der Waals surface area contributed by atoms with Crippen LogP contribution in [0.2, 0.25) is 5.02 Å². The predicted octanol–water partition coefficient (Wildman–Crippen LogP) is 0.870. The van der Waals surface area contributed by atoms with Crippen molar-refractivity contribution in [3.05, 3.63) is 34.9 Å². The summed E-state index contributed by atoms with van der Waals surface area (Å²) in [5, 5.41) is 6.47. The standard InChI is InChI=1S/C11H14ClN5O2S/c1-7-4-8(12)10(5-9(7)13)20(18,19)16-3-2-11-14-6-15-17-11/h4-6,16H,2-3,13H2,1H3,(H,14,15,17). The SMILES string of the molecule is Cc1cc(Cl)c(S(=O)(=O)NCCc2ncn[nH]2)cc1N. The summed E-state index contributed by atoms with van der Waals surface area (Å²) in [6.07, 6.45) is 1.76. The fourth-order valence-corrected chi connectivity index (χ4v) is 3.25.